The Morgan fingerprint density at radius 2 is 2.00 bits per heavy atom. The molecule has 0 radical (unpaired) electrons. The molecule has 1 fully saturated rings. The molecule has 0 saturated heterocycles. The summed E-state index contributed by atoms with van der Waals surface area (Å²) in [6.45, 7) is 10.0. The van der Waals surface area contributed by atoms with Crippen LogP contribution in [0.5, 0.6) is 0 Å². The van der Waals surface area contributed by atoms with Gasteiger partial charge in [-0.25, -0.2) is 0 Å². The van der Waals surface area contributed by atoms with E-state index in [4.69, 9.17) is 0 Å². The van der Waals surface area contributed by atoms with Crippen LogP contribution >= 0.6 is 0 Å². The lowest BCUT2D eigenvalue weighted by atomic mass is 9.91. The van der Waals surface area contributed by atoms with Gasteiger partial charge in [0, 0.05) is 12.1 Å². The summed E-state index contributed by atoms with van der Waals surface area (Å²) >= 11 is 0. The first kappa shape index (κ1) is 16.5. The van der Waals surface area contributed by atoms with Crippen LogP contribution in [-0.2, 0) is 0 Å². The molecule has 0 aromatic heterocycles. The second kappa shape index (κ2) is 7.26. The number of nitrogens with one attached hydrogen (secondary N) is 1. The molecule has 3 nitrogen and oxygen atoms in total. The monoisotopic (exact) mass is 265 g/mol. The third kappa shape index (κ3) is 5.12. The Hall–Kier alpha value is -0.590. The van der Waals surface area contributed by atoms with Crippen molar-refractivity contribution in [2.24, 2.45) is 5.92 Å². The van der Waals surface area contributed by atoms with Crippen molar-refractivity contribution in [3.05, 3.63) is 0 Å². The number of nitriles is 1. The van der Waals surface area contributed by atoms with E-state index in [0.29, 0.717) is 18.0 Å². The maximum atomic E-state index is 9.49. The van der Waals surface area contributed by atoms with Crippen molar-refractivity contribution < 1.29 is 0 Å². The summed E-state index contributed by atoms with van der Waals surface area (Å²) in [6, 6.07) is 3.74. The fraction of sp³-hybridized carbons (Fsp3) is 0.938. The summed E-state index contributed by atoms with van der Waals surface area (Å²) < 4.78 is 0. The molecule has 2 atom stereocenters. The number of hydrogen-bond acceptors (Lipinski definition) is 3. The second-order valence-corrected chi connectivity index (χ2v) is 6.53. The Balaban J connectivity index is 2.37. The van der Waals surface area contributed by atoms with E-state index in [1.807, 2.05) is 0 Å². The molecule has 1 saturated carbocycles. The first-order chi connectivity index (χ1) is 8.94. The molecule has 2 unspecified atom stereocenters. The first-order valence-electron chi connectivity index (χ1n) is 7.83. The summed E-state index contributed by atoms with van der Waals surface area (Å²) in [5, 5.41) is 13.0. The minimum atomic E-state index is -0.289. The quantitative estimate of drug-likeness (QED) is 0.696. The first-order valence-corrected chi connectivity index (χ1v) is 7.83. The van der Waals surface area contributed by atoms with E-state index in [9.17, 15) is 5.26 Å². The molecule has 1 aliphatic rings. The fourth-order valence-corrected chi connectivity index (χ4v) is 2.48. The van der Waals surface area contributed by atoms with E-state index in [2.05, 4.69) is 51.0 Å². The minimum absolute atomic E-state index is 0.289. The molecular weight excluding hydrogens is 234 g/mol. The highest BCUT2D eigenvalue weighted by Crippen LogP contribution is 2.26. The summed E-state index contributed by atoms with van der Waals surface area (Å²) in [6.07, 6.45) is 5.45. The molecule has 0 aliphatic heterocycles. The zero-order valence-corrected chi connectivity index (χ0v) is 13.4. The molecule has 0 bridgehead atoms. The third-order valence-electron chi connectivity index (χ3n) is 4.65. The van der Waals surface area contributed by atoms with E-state index < -0.39 is 0 Å². The Bertz CT molecular complexity index is 304. The molecule has 110 valence electrons. The van der Waals surface area contributed by atoms with Crippen LogP contribution < -0.4 is 5.32 Å². The highest BCUT2D eigenvalue weighted by atomic mass is 15.1. The highest BCUT2D eigenvalue weighted by molar-refractivity contribution is 5.09. The molecule has 0 aromatic rings. The maximum absolute atomic E-state index is 9.49. The SMILES string of the molecule is CCC(C#N)(CCCN(C)C(C)C(C)C)NC1CC1. The highest BCUT2D eigenvalue weighted by Gasteiger charge is 2.34. The number of nitrogens with zero attached hydrogens (tertiary/aromatic N) is 2. The van der Waals surface area contributed by atoms with Crippen molar-refractivity contribution in [1.29, 1.82) is 5.26 Å². The third-order valence-corrected chi connectivity index (χ3v) is 4.65. The number of hydrogen-bond donors (Lipinski definition) is 1. The van der Waals surface area contributed by atoms with Gasteiger partial charge >= 0.3 is 0 Å². The van der Waals surface area contributed by atoms with Crippen molar-refractivity contribution >= 4 is 0 Å². The van der Waals surface area contributed by atoms with Gasteiger partial charge in [-0.3, -0.25) is 5.32 Å². The lowest BCUT2D eigenvalue weighted by molar-refractivity contribution is 0.197. The molecule has 0 spiro atoms. The van der Waals surface area contributed by atoms with Crippen LogP contribution in [-0.4, -0.2) is 36.1 Å². The summed E-state index contributed by atoms with van der Waals surface area (Å²) in [5.41, 5.74) is -0.289. The Labute approximate surface area is 119 Å². The number of rotatable bonds is 9. The zero-order valence-electron chi connectivity index (χ0n) is 13.4. The van der Waals surface area contributed by atoms with E-state index in [1.165, 1.54) is 12.8 Å². The Kier molecular flexibility index (Phi) is 6.29. The van der Waals surface area contributed by atoms with E-state index in [-0.39, 0.29) is 5.54 Å². The molecule has 1 N–H and O–H groups in total. The van der Waals surface area contributed by atoms with Gasteiger partial charge in [0.25, 0.3) is 0 Å². The van der Waals surface area contributed by atoms with Crippen LogP contribution in [0.25, 0.3) is 0 Å². The average Bonchev–Trinajstić information content (AvgIpc) is 3.20. The molecule has 0 aromatic carbocycles. The summed E-state index contributed by atoms with van der Waals surface area (Å²) in [7, 11) is 2.19. The Morgan fingerprint density at radius 1 is 1.37 bits per heavy atom. The fourth-order valence-electron chi connectivity index (χ4n) is 2.48. The van der Waals surface area contributed by atoms with Crippen molar-refractivity contribution in [1.82, 2.24) is 10.2 Å². The normalized spacial score (nSPS) is 20.3. The van der Waals surface area contributed by atoms with Crippen LogP contribution in [0.4, 0.5) is 0 Å². The van der Waals surface area contributed by atoms with Gasteiger partial charge in [0.1, 0.15) is 5.54 Å². The van der Waals surface area contributed by atoms with Gasteiger partial charge in [0.15, 0.2) is 0 Å². The predicted molar refractivity (Wildman–Crippen MR) is 81.0 cm³/mol. The summed E-state index contributed by atoms with van der Waals surface area (Å²) in [5.74, 6) is 0.682. The van der Waals surface area contributed by atoms with Crippen LogP contribution in [0, 0.1) is 17.2 Å². The second-order valence-electron chi connectivity index (χ2n) is 6.53. The van der Waals surface area contributed by atoms with Crippen molar-refractivity contribution in [2.45, 2.75) is 77.4 Å². The molecular formula is C16H31N3. The van der Waals surface area contributed by atoms with E-state index >= 15 is 0 Å². The van der Waals surface area contributed by atoms with E-state index in [0.717, 1.165) is 25.8 Å². The van der Waals surface area contributed by atoms with Crippen molar-refractivity contribution in [2.75, 3.05) is 13.6 Å². The van der Waals surface area contributed by atoms with Crippen LogP contribution in [0.2, 0.25) is 0 Å². The molecule has 0 heterocycles. The molecule has 3 heteroatoms. The molecule has 19 heavy (non-hydrogen) atoms. The van der Waals surface area contributed by atoms with Gasteiger partial charge in [0.05, 0.1) is 6.07 Å². The maximum Gasteiger partial charge on any atom is 0.106 e. The molecule has 1 rings (SSSR count). The van der Waals surface area contributed by atoms with Gasteiger partial charge in [-0.15, -0.1) is 0 Å². The smallest absolute Gasteiger partial charge is 0.106 e. The zero-order chi connectivity index (χ0) is 14.5. The van der Waals surface area contributed by atoms with Gasteiger partial charge in [-0.2, -0.15) is 5.26 Å². The van der Waals surface area contributed by atoms with Crippen LogP contribution in [0.3, 0.4) is 0 Å². The van der Waals surface area contributed by atoms with Gasteiger partial charge in [-0.1, -0.05) is 20.8 Å². The van der Waals surface area contributed by atoms with Gasteiger partial charge < -0.3 is 4.90 Å². The van der Waals surface area contributed by atoms with Crippen LogP contribution in [0.15, 0.2) is 0 Å². The predicted octanol–water partition coefficient (Wildman–Crippen LogP) is 3.17. The largest absolute Gasteiger partial charge is 0.303 e. The lowest BCUT2D eigenvalue weighted by Gasteiger charge is -2.31. The van der Waals surface area contributed by atoms with E-state index in [1.54, 1.807) is 0 Å². The molecule has 0 amide bonds. The standard InChI is InChI=1S/C16H31N3/c1-6-16(12-17,18-15-8-9-15)10-7-11-19(5)14(4)13(2)3/h13-15,18H,6-11H2,1-5H3. The minimum Gasteiger partial charge on any atom is -0.303 e. The van der Waals surface area contributed by atoms with Crippen molar-refractivity contribution in [3.63, 3.8) is 0 Å². The lowest BCUT2D eigenvalue weighted by Crippen LogP contribution is -2.45. The van der Waals surface area contributed by atoms with Crippen LogP contribution in [0.1, 0.15) is 59.8 Å². The molecule has 1 aliphatic carbocycles. The summed E-state index contributed by atoms with van der Waals surface area (Å²) in [4.78, 5) is 2.42. The van der Waals surface area contributed by atoms with Gasteiger partial charge in [-0.05, 0) is 58.5 Å². The Morgan fingerprint density at radius 3 is 2.42 bits per heavy atom. The average molecular weight is 265 g/mol. The topological polar surface area (TPSA) is 39.1 Å². The van der Waals surface area contributed by atoms with Gasteiger partial charge in [0.2, 0.25) is 0 Å². The van der Waals surface area contributed by atoms with Crippen molar-refractivity contribution in [3.8, 4) is 6.07 Å².